The van der Waals surface area contributed by atoms with Crippen molar-refractivity contribution in [2.45, 2.75) is 12.0 Å². The molecule has 1 fully saturated rings. The van der Waals surface area contributed by atoms with Crippen molar-refractivity contribution in [3.05, 3.63) is 29.8 Å². The van der Waals surface area contributed by atoms with Crippen LogP contribution in [0.15, 0.2) is 24.3 Å². The Morgan fingerprint density at radius 2 is 2.20 bits per heavy atom. The van der Waals surface area contributed by atoms with Crippen molar-refractivity contribution < 1.29 is 19.4 Å². The van der Waals surface area contributed by atoms with Gasteiger partial charge in [-0.3, -0.25) is 4.79 Å². The number of carbonyl (C=O) groups excluding carboxylic acids is 1. The van der Waals surface area contributed by atoms with Crippen molar-refractivity contribution in [3.8, 4) is 5.75 Å². The highest BCUT2D eigenvalue weighted by atomic mass is 16.5. The van der Waals surface area contributed by atoms with E-state index in [2.05, 4.69) is 0 Å². The van der Waals surface area contributed by atoms with E-state index >= 15 is 0 Å². The van der Waals surface area contributed by atoms with Gasteiger partial charge in [0, 0.05) is 6.42 Å². The maximum absolute atomic E-state index is 11.8. The first-order valence-corrected chi connectivity index (χ1v) is 4.71. The molecule has 3 rings (SSSR count). The molecule has 0 amide bonds. The fourth-order valence-corrected chi connectivity index (χ4v) is 2.08. The van der Waals surface area contributed by atoms with E-state index in [1.165, 1.54) is 0 Å². The third-order valence-corrected chi connectivity index (χ3v) is 3.03. The van der Waals surface area contributed by atoms with Gasteiger partial charge >= 0.3 is 5.97 Å². The molecule has 0 spiro atoms. The van der Waals surface area contributed by atoms with E-state index in [1.54, 1.807) is 24.3 Å². The number of carboxylic acids is 1. The van der Waals surface area contributed by atoms with E-state index in [0.29, 0.717) is 11.3 Å². The van der Waals surface area contributed by atoms with Gasteiger partial charge in [0.25, 0.3) is 0 Å². The Morgan fingerprint density at radius 1 is 1.47 bits per heavy atom. The number of ether oxygens (including phenoxy) is 1. The molecule has 1 aromatic rings. The van der Waals surface area contributed by atoms with Gasteiger partial charge < -0.3 is 9.84 Å². The maximum atomic E-state index is 11.8. The SMILES string of the molecule is O=C1c2ccccc2OC2(C(=O)O)CC12. The third-order valence-electron chi connectivity index (χ3n) is 3.03. The van der Waals surface area contributed by atoms with Gasteiger partial charge in [-0.2, -0.15) is 0 Å². The molecule has 1 saturated carbocycles. The average Bonchev–Trinajstić information content (AvgIpc) is 2.94. The fourth-order valence-electron chi connectivity index (χ4n) is 2.08. The molecule has 0 aromatic heterocycles. The third kappa shape index (κ3) is 0.909. The number of Topliss-reactive ketones (excluding diaryl/α,β-unsaturated/α-hetero) is 1. The van der Waals surface area contributed by atoms with Gasteiger partial charge in [0.1, 0.15) is 5.75 Å². The summed E-state index contributed by atoms with van der Waals surface area (Å²) in [7, 11) is 0. The number of rotatable bonds is 1. The molecular weight excluding hydrogens is 196 g/mol. The summed E-state index contributed by atoms with van der Waals surface area (Å²) in [4.78, 5) is 22.8. The molecule has 0 saturated heterocycles. The van der Waals surface area contributed by atoms with Crippen molar-refractivity contribution in [1.82, 2.24) is 0 Å². The molecule has 76 valence electrons. The minimum Gasteiger partial charge on any atom is -0.478 e. The van der Waals surface area contributed by atoms with Crippen LogP contribution >= 0.6 is 0 Å². The second kappa shape index (κ2) is 2.39. The summed E-state index contributed by atoms with van der Waals surface area (Å²) >= 11 is 0. The topological polar surface area (TPSA) is 63.6 Å². The normalized spacial score (nSPS) is 31.2. The largest absolute Gasteiger partial charge is 0.478 e. The number of carboxylic acid groups (broad SMARTS) is 1. The number of carbonyl (C=O) groups is 2. The van der Waals surface area contributed by atoms with Crippen LogP contribution in [0.25, 0.3) is 0 Å². The van der Waals surface area contributed by atoms with E-state index in [-0.39, 0.29) is 12.2 Å². The smallest absolute Gasteiger partial charge is 0.348 e. The van der Waals surface area contributed by atoms with Crippen molar-refractivity contribution in [2.24, 2.45) is 5.92 Å². The summed E-state index contributed by atoms with van der Waals surface area (Å²) in [6.45, 7) is 0. The number of para-hydroxylation sites is 1. The molecule has 1 aliphatic heterocycles. The number of ketones is 1. The van der Waals surface area contributed by atoms with Crippen LogP contribution in [0.3, 0.4) is 0 Å². The highest BCUT2D eigenvalue weighted by Crippen LogP contribution is 2.53. The van der Waals surface area contributed by atoms with E-state index in [4.69, 9.17) is 9.84 Å². The lowest BCUT2D eigenvalue weighted by atomic mass is 10.0. The standard InChI is InChI=1S/C11H8O4/c12-9-6-3-1-2-4-8(6)15-11(10(13)14)5-7(9)11/h1-4,7H,5H2,(H,13,14). The lowest BCUT2D eigenvalue weighted by Gasteiger charge is -2.21. The Morgan fingerprint density at radius 3 is 2.93 bits per heavy atom. The number of hydrogen-bond donors (Lipinski definition) is 1. The quantitative estimate of drug-likeness (QED) is 0.744. The van der Waals surface area contributed by atoms with E-state index < -0.39 is 17.5 Å². The molecule has 1 aliphatic carbocycles. The first kappa shape index (κ1) is 8.47. The van der Waals surface area contributed by atoms with Gasteiger partial charge in [-0.15, -0.1) is 0 Å². The highest BCUT2D eigenvalue weighted by molar-refractivity contribution is 6.09. The Balaban J connectivity index is 2.12. The molecule has 4 nitrogen and oxygen atoms in total. The van der Waals surface area contributed by atoms with Crippen LogP contribution in [0.5, 0.6) is 5.75 Å². The average molecular weight is 204 g/mol. The zero-order chi connectivity index (χ0) is 10.6. The predicted octanol–water partition coefficient (Wildman–Crippen LogP) is 1.10. The Labute approximate surface area is 85.5 Å². The maximum Gasteiger partial charge on any atom is 0.348 e. The second-order valence-electron chi connectivity index (χ2n) is 3.91. The van der Waals surface area contributed by atoms with Crippen molar-refractivity contribution in [1.29, 1.82) is 0 Å². The lowest BCUT2D eigenvalue weighted by Crippen LogP contribution is -2.37. The van der Waals surface area contributed by atoms with Crippen molar-refractivity contribution >= 4 is 11.8 Å². The van der Waals surface area contributed by atoms with Gasteiger partial charge in [-0.05, 0) is 12.1 Å². The Kier molecular flexibility index (Phi) is 1.35. The summed E-state index contributed by atoms with van der Waals surface area (Å²) in [6, 6.07) is 6.77. The zero-order valence-electron chi connectivity index (χ0n) is 7.77. The van der Waals surface area contributed by atoms with Crippen LogP contribution in [-0.2, 0) is 4.79 Å². The van der Waals surface area contributed by atoms with Crippen LogP contribution < -0.4 is 4.74 Å². The number of fused-ring (bicyclic) bond motifs is 2. The van der Waals surface area contributed by atoms with Crippen LogP contribution in [-0.4, -0.2) is 22.5 Å². The summed E-state index contributed by atoms with van der Waals surface area (Å²) in [5, 5.41) is 9.01. The van der Waals surface area contributed by atoms with E-state index in [0.717, 1.165) is 0 Å². The molecule has 4 heteroatoms. The minimum atomic E-state index is -1.27. The minimum absolute atomic E-state index is 0.112. The molecule has 1 heterocycles. The number of hydrogen-bond acceptors (Lipinski definition) is 3. The Hall–Kier alpha value is -1.84. The highest BCUT2D eigenvalue weighted by Gasteiger charge is 2.69. The predicted molar refractivity (Wildman–Crippen MR) is 49.9 cm³/mol. The monoisotopic (exact) mass is 204 g/mol. The second-order valence-corrected chi connectivity index (χ2v) is 3.91. The molecule has 1 aromatic carbocycles. The van der Waals surface area contributed by atoms with Gasteiger partial charge in [-0.25, -0.2) is 4.79 Å². The summed E-state index contributed by atoms with van der Waals surface area (Å²) in [5.74, 6) is -1.27. The molecule has 2 atom stereocenters. The molecular formula is C11H8O4. The van der Waals surface area contributed by atoms with Crippen LogP contribution in [0.1, 0.15) is 16.8 Å². The molecule has 2 aliphatic rings. The van der Waals surface area contributed by atoms with E-state index in [9.17, 15) is 9.59 Å². The fraction of sp³-hybridized carbons (Fsp3) is 0.273. The van der Waals surface area contributed by atoms with Crippen molar-refractivity contribution in [2.75, 3.05) is 0 Å². The van der Waals surface area contributed by atoms with Gasteiger partial charge in [0.2, 0.25) is 5.60 Å². The van der Waals surface area contributed by atoms with Crippen LogP contribution in [0.2, 0.25) is 0 Å². The summed E-state index contributed by atoms with van der Waals surface area (Å²) in [6.07, 6.45) is 0.288. The van der Waals surface area contributed by atoms with Crippen LogP contribution in [0, 0.1) is 5.92 Å². The Bertz CT molecular complexity index is 479. The summed E-state index contributed by atoms with van der Waals surface area (Å²) in [5.41, 5.74) is -0.775. The number of benzene rings is 1. The van der Waals surface area contributed by atoms with Gasteiger partial charge in [0.15, 0.2) is 5.78 Å². The van der Waals surface area contributed by atoms with Gasteiger partial charge in [-0.1, -0.05) is 12.1 Å². The molecule has 2 unspecified atom stereocenters. The zero-order valence-corrected chi connectivity index (χ0v) is 7.77. The lowest BCUT2D eigenvalue weighted by molar-refractivity contribution is -0.148. The molecule has 0 bridgehead atoms. The first-order chi connectivity index (χ1) is 7.15. The number of aliphatic carboxylic acids is 1. The molecule has 0 radical (unpaired) electrons. The van der Waals surface area contributed by atoms with Gasteiger partial charge in [0.05, 0.1) is 11.5 Å². The van der Waals surface area contributed by atoms with E-state index in [1.807, 2.05) is 0 Å². The summed E-state index contributed by atoms with van der Waals surface area (Å²) < 4.78 is 5.40. The van der Waals surface area contributed by atoms with Crippen LogP contribution in [0.4, 0.5) is 0 Å². The molecule has 15 heavy (non-hydrogen) atoms. The molecule has 1 N–H and O–H groups in total. The first-order valence-electron chi connectivity index (χ1n) is 4.71. The van der Waals surface area contributed by atoms with Crippen molar-refractivity contribution in [3.63, 3.8) is 0 Å².